The van der Waals surface area contributed by atoms with Crippen molar-refractivity contribution in [2.45, 2.75) is 43.4 Å². The van der Waals surface area contributed by atoms with Gasteiger partial charge in [-0.3, -0.25) is 0 Å². The first-order chi connectivity index (χ1) is 7.77. The molecule has 1 spiro atoms. The van der Waals surface area contributed by atoms with E-state index in [1.807, 2.05) is 0 Å². The summed E-state index contributed by atoms with van der Waals surface area (Å²) in [5.41, 5.74) is 0. The lowest BCUT2D eigenvalue weighted by Gasteiger charge is -2.41. The molecule has 5 nitrogen and oxygen atoms in total. The summed E-state index contributed by atoms with van der Waals surface area (Å²) in [6.45, 7) is 2.57. The summed E-state index contributed by atoms with van der Waals surface area (Å²) >= 11 is 0. The van der Waals surface area contributed by atoms with Crippen molar-refractivity contribution in [2.24, 2.45) is 0 Å². The Balaban J connectivity index is 1.61. The summed E-state index contributed by atoms with van der Waals surface area (Å²) in [5, 5.41) is 9.90. The Morgan fingerprint density at radius 3 is 2.56 bits per heavy atom. The predicted molar refractivity (Wildman–Crippen MR) is 54.0 cm³/mol. The van der Waals surface area contributed by atoms with Crippen LogP contribution in [-0.2, 0) is 18.9 Å². The third-order valence-corrected chi connectivity index (χ3v) is 3.55. The van der Waals surface area contributed by atoms with E-state index in [0.717, 1.165) is 6.42 Å². The quantitative estimate of drug-likeness (QED) is 0.727. The Labute approximate surface area is 94.6 Å². The van der Waals surface area contributed by atoms with Gasteiger partial charge in [0.2, 0.25) is 0 Å². The van der Waals surface area contributed by atoms with Crippen LogP contribution >= 0.6 is 0 Å². The molecular weight excluding hydrogens is 212 g/mol. The lowest BCUT2D eigenvalue weighted by atomic mass is 9.89. The molecule has 1 N–H and O–H groups in total. The zero-order chi connectivity index (χ0) is 11.0. The number of rotatable bonds is 2. The standard InChI is InChI=1S/C11H18O5/c12-9-1-2-11(14-3-4-15-11)5-10(9)16-8-6-13-7-8/h8-10,12H,1-7H2. The molecule has 0 aromatic carbocycles. The topological polar surface area (TPSA) is 57.2 Å². The first-order valence-electron chi connectivity index (χ1n) is 5.97. The fourth-order valence-corrected chi connectivity index (χ4v) is 2.54. The van der Waals surface area contributed by atoms with E-state index in [4.69, 9.17) is 18.9 Å². The van der Waals surface area contributed by atoms with Crippen LogP contribution in [0.15, 0.2) is 0 Å². The average molecular weight is 230 g/mol. The van der Waals surface area contributed by atoms with Crippen LogP contribution in [0.2, 0.25) is 0 Å². The number of aliphatic hydroxyl groups excluding tert-OH is 1. The maximum absolute atomic E-state index is 9.90. The van der Waals surface area contributed by atoms with Gasteiger partial charge in [-0.05, 0) is 6.42 Å². The van der Waals surface area contributed by atoms with Crippen LogP contribution in [0, 0.1) is 0 Å². The van der Waals surface area contributed by atoms with E-state index in [2.05, 4.69) is 0 Å². The van der Waals surface area contributed by atoms with Gasteiger partial charge in [0, 0.05) is 12.8 Å². The van der Waals surface area contributed by atoms with Crippen molar-refractivity contribution in [1.29, 1.82) is 0 Å². The number of aliphatic hydroxyl groups is 1. The summed E-state index contributed by atoms with van der Waals surface area (Å²) in [6.07, 6.45) is 1.62. The normalized spacial score (nSPS) is 38.8. The van der Waals surface area contributed by atoms with Gasteiger partial charge < -0.3 is 24.1 Å². The van der Waals surface area contributed by atoms with Crippen LogP contribution < -0.4 is 0 Å². The lowest BCUT2D eigenvalue weighted by Crippen LogP contribution is -2.50. The Morgan fingerprint density at radius 2 is 1.94 bits per heavy atom. The molecular formula is C11H18O5. The van der Waals surface area contributed by atoms with Crippen molar-refractivity contribution in [3.05, 3.63) is 0 Å². The van der Waals surface area contributed by atoms with Crippen LogP contribution in [0.25, 0.3) is 0 Å². The highest BCUT2D eigenvalue weighted by molar-refractivity contribution is 4.89. The zero-order valence-electron chi connectivity index (χ0n) is 9.26. The Kier molecular flexibility index (Phi) is 2.89. The van der Waals surface area contributed by atoms with E-state index in [-0.39, 0.29) is 12.2 Å². The Hall–Kier alpha value is -0.200. The van der Waals surface area contributed by atoms with Gasteiger partial charge in [-0.15, -0.1) is 0 Å². The first kappa shape index (κ1) is 10.9. The Bertz CT molecular complexity index is 247. The van der Waals surface area contributed by atoms with Gasteiger partial charge in [0.1, 0.15) is 6.10 Å². The average Bonchev–Trinajstić information content (AvgIpc) is 2.66. The second-order valence-electron chi connectivity index (χ2n) is 4.75. The number of hydrogen-bond donors (Lipinski definition) is 1. The predicted octanol–water partition coefficient (Wildman–Crippen LogP) is 0.0583. The van der Waals surface area contributed by atoms with Crippen molar-refractivity contribution < 1.29 is 24.1 Å². The molecule has 16 heavy (non-hydrogen) atoms. The second-order valence-corrected chi connectivity index (χ2v) is 4.75. The molecule has 2 atom stereocenters. The lowest BCUT2D eigenvalue weighted by molar-refractivity contribution is -0.247. The van der Waals surface area contributed by atoms with Gasteiger partial charge in [0.15, 0.2) is 5.79 Å². The van der Waals surface area contributed by atoms with Gasteiger partial charge in [-0.1, -0.05) is 0 Å². The highest BCUT2D eigenvalue weighted by Gasteiger charge is 2.46. The third-order valence-electron chi connectivity index (χ3n) is 3.55. The molecule has 3 aliphatic rings. The molecule has 0 amide bonds. The third kappa shape index (κ3) is 1.98. The van der Waals surface area contributed by atoms with Gasteiger partial charge in [-0.2, -0.15) is 0 Å². The van der Waals surface area contributed by atoms with Gasteiger partial charge in [-0.25, -0.2) is 0 Å². The molecule has 0 radical (unpaired) electrons. The summed E-state index contributed by atoms with van der Waals surface area (Å²) in [7, 11) is 0. The van der Waals surface area contributed by atoms with E-state index < -0.39 is 11.9 Å². The van der Waals surface area contributed by atoms with Gasteiger partial charge in [0.05, 0.1) is 38.6 Å². The first-order valence-corrected chi connectivity index (χ1v) is 5.97. The van der Waals surface area contributed by atoms with Crippen molar-refractivity contribution in [3.63, 3.8) is 0 Å². The van der Waals surface area contributed by atoms with Crippen LogP contribution in [0.5, 0.6) is 0 Å². The van der Waals surface area contributed by atoms with Crippen molar-refractivity contribution in [1.82, 2.24) is 0 Å². The van der Waals surface area contributed by atoms with Crippen LogP contribution in [-0.4, -0.2) is 55.6 Å². The Morgan fingerprint density at radius 1 is 1.19 bits per heavy atom. The molecule has 2 heterocycles. The molecule has 0 bridgehead atoms. The summed E-state index contributed by atoms with van der Waals surface area (Å²) < 4.78 is 22.1. The van der Waals surface area contributed by atoms with E-state index in [0.29, 0.717) is 39.3 Å². The summed E-state index contributed by atoms with van der Waals surface area (Å²) in [4.78, 5) is 0. The van der Waals surface area contributed by atoms with Crippen LogP contribution in [0.3, 0.4) is 0 Å². The van der Waals surface area contributed by atoms with Crippen molar-refractivity contribution >= 4 is 0 Å². The van der Waals surface area contributed by atoms with E-state index in [1.165, 1.54) is 0 Å². The van der Waals surface area contributed by atoms with E-state index in [1.54, 1.807) is 0 Å². The number of hydrogen-bond acceptors (Lipinski definition) is 5. The second kappa shape index (κ2) is 4.23. The summed E-state index contributed by atoms with van der Waals surface area (Å²) in [5.74, 6) is -0.492. The minimum Gasteiger partial charge on any atom is -0.390 e. The monoisotopic (exact) mass is 230 g/mol. The highest BCUT2D eigenvalue weighted by Crippen LogP contribution is 2.37. The van der Waals surface area contributed by atoms with Gasteiger partial charge in [0.25, 0.3) is 0 Å². The SMILES string of the molecule is OC1CCC2(CC1OC1COC1)OCCO2. The molecule has 1 aliphatic carbocycles. The van der Waals surface area contributed by atoms with Crippen LogP contribution in [0.1, 0.15) is 19.3 Å². The maximum Gasteiger partial charge on any atom is 0.171 e. The smallest absolute Gasteiger partial charge is 0.171 e. The minimum absolute atomic E-state index is 0.135. The van der Waals surface area contributed by atoms with Crippen molar-refractivity contribution in [2.75, 3.05) is 26.4 Å². The largest absolute Gasteiger partial charge is 0.390 e. The molecule has 2 unspecified atom stereocenters. The molecule has 2 saturated heterocycles. The minimum atomic E-state index is -0.492. The van der Waals surface area contributed by atoms with Crippen LogP contribution in [0.4, 0.5) is 0 Å². The summed E-state index contributed by atoms with van der Waals surface area (Å²) in [6, 6.07) is 0. The highest BCUT2D eigenvalue weighted by atomic mass is 16.7. The fraction of sp³-hybridized carbons (Fsp3) is 1.00. The molecule has 2 aliphatic heterocycles. The molecule has 0 aromatic heterocycles. The molecule has 3 rings (SSSR count). The van der Waals surface area contributed by atoms with Gasteiger partial charge >= 0.3 is 0 Å². The molecule has 3 fully saturated rings. The molecule has 5 heteroatoms. The van der Waals surface area contributed by atoms with Crippen molar-refractivity contribution in [3.8, 4) is 0 Å². The maximum atomic E-state index is 9.90. The number of ether oxygens (including phenoxy) is 4. The molecule has 1 saturated carbocycles. The van der Waals surface area contributed by atoms with E-state index in [9.17, 15) is 5.11 Å². The fourth-order valence-electron chi connectivity index (χ4n) is 2.54. The van der Waals surface area contributed by atoms with E-state index >= 15 is 0 Å². The molecule has 0 aromatic rings. The zero-order valence-corrected chi connectivity index (χ0v) is 9.26. The molecule has 92 valence electrons.